The van der Waals surface area contributed by atoms with E-state index in [-0.39, 0.29) is 11.3 Å². The highest BCUT2D eigenvalue weighted by molar-refractivity contribution is 6.33. The van der Waals surface area contributed by atoms with Crippen LogP contribution in [0.5, 0.6) is 0 Å². The molecule has 0 spiro atoms. The van der Waals surface area contributed by atoms with Crippen LogP contribution in [0.1, 0.15) is 17.4 Å². The Hall–Kier alpha value is -1.55. The van der Waals surface area contributed by atoms with Crippen LogP contribution < -0.4 is 0 Å². The summed E-state index contributed by atoms with van der Waals surface area (Å²) in [5.41, 5.74) is 0.526. The second-order valence-corrected chi connectivity index (χ2v) is 5.22. The fraction of sp³-hybridized carbons (Fsp3) is 0.0667. The Bertz CT molecular complexity index is 783. The van der Waals surface area contributed by atoms with Gasteiger partial charge in [0.05, 0.1) is 0 Å². The Kier molecular flexibility index (Phi) is 3.42. The summed E-state index contributed by atoms with van der Waals surface area (Å²) >= 11 is 11.9. The molecule has 0 fully saturated rings. The van der Waals surface area contributed by atoms with E-state index in [4.69, 9.17) is 27.6 Å². The van der Waals surface area contributed by atoms with Gasteiger partial charge in [0.25, 0.3) is 0 Å². The van der Waals surface area contributed by atoms with Crippen LogP contribution in [-0.4, -0.2) is 5.11 Å². The second-order valence-electron chi connectivity index (χ2n) is 4.38. The smallest absolute Gasteiger partial charge is 0.170 e. The molecule has 0 saturated heterocycles. The molecule has 0 amide bonds. The van der Waals surface area contributed by atoms with E-state index in [1.54, 1.807) is 36.4 Å². The molecule has 0 bridgehead atoms. The van der Waals surface area contributed by atoms with Crippen molar-refractivity contribution in [2.24, 2.45) is 0 Å². The van der Waals surface area contributed by atoms with Gasteiger partial charge in [0, 0.05) is 21.0 Å². The molecule has 1 aromatic heterocycles. The lowest BCUT2D eigenvalue weighted by atomic mass is 10.1. The minimum Gasteiger partial charge on any atom is -0.455 e. The number of halogens is 3. The molecule has 2 nitrogen and oxygen atoms in total. The first-order chi connectivity index (χ1) is 9.56. The minimum absolute atomic E-state index is 0.111. The zero-order valence-corrected chi connectivity index (χ0v) is 11.6. The van der Waals surface area contributed by atoms with Crippen LogP contribution >= 0.6 is 23.2 Å². The number of rotatable bonds is 2. The average Bonchev–Trinajstić information content (AvgIpc) is 2.86. The summed E-state index contributed by atoms with van der Waals surface area (Å²) in [6.45, 7) is 0. The third-order valence-electron chi connectivity index (χ3n) is 3.04. The van der Waals surface area contributed by atoms with Gasteiger partial charge in [-0.2, -0.15) is 0 Å². The van der Waals surface area contributed by atoms with E-state index in [9.17, 15) is 9.50 Å². The molecular formula is C15H9Cl2FO2. The molecule has 3 rings (SSSR count). The standard InChI is InChI=1S/C15H9Cl2FO2/c16-9-4-5-11(17)10(7-9)14(19)13-6-8-2-1-3-12(18)15(8)20-13/h1-7,14,19H. The van der Waals surface area contributed by atoms with Crippen molar-refractivity contribution < 1.29 is 13.9 Å². The zero-order chi connectivity index (χ0) is 14.3. The van der Waals surface area contributed by atoms with Crippen molar-refractivity contribution >= 4 is 34.2 Å². The lowest BCUT2D eigenvalue weighted by Gasteiger charge is -2.10. The predicted molar refractivity (Wildman–Crippen MR) is 76.7 cm³/mol. The van der Waals surface area contributed by atoms with Crippen molar-refractivity contribution in [3.05, 3.63) is 69.7 Å². The van der Waals surface area contributed by atoms with E-state index >= 15 is 0 Å². The van der Waals surface area contributed by atoms with Gasteiger partial charge in [-0.3, -0.25) is 0 Å². The third-order valence-corrected chi connectivity index (χ3v) is 3.62. The Morgan fingerprint density at radius 3 is 2.65 bits per heavy atom. The number of furan rings is 1. The van der Waals surface area contributed by atoms with Crippen molar-refractivity contribution in [2.45, 2.75) is 6.10 Å². The van der Waals surface area contributed by atoms with Crippen LogP contribution in [0.3, 0.4) is 0 Å². The molecule has 0 aliphatic carbocycles. The number of hydrogen-bond acceptors (Lipinski definition) is 2. The fourth-order valence-electron chi connectivity index (χ4n) is 2.06. The highest BCUT2D eigenvalue weighted by Gasteiger charge is 2.19. The van der Waals surface area contributed by atoms with E-state index in [2.05, 4.69) is 0 Å². The molecular weight excluding hydrogens is 302 g/mol. The molecule has 1 unspecified atom stereocenters. The Balaban J connectivity index is 2.10. The SMILES string of the molecule is OC(c1cc2cccc(F)c2o1)c1cc(Cl)ccc1Cl. The number of fused-ring (bicyclic) bond motifs is 1. The largest absolute Gasteiger partial charge is 0.455 e. The monoisotopic (exact) mass is 310 g/mol. The Labute approximate surface area is 124 Å². The molecule has 1 heterocycles. The van der Waals surface area contributed by atoms with Gasteiger partial charge < -0.3 is 9.52 Å². The van der Waals surface area contributed by atoms with E-state index < -0.39 is 11.9 Å². The van der Waals surface area contributed by atoms with Gasteiger partial charge >= 0.3 is 0 Å². The van der Waals surface area contributed by atoms with Gasteiger partial charge in [-0.15, -0.1) is 0 Å². The van der Waals surface area contributed by atoms with Gasteiger partial charge in [-0.1, -0.05) is 35.3 Å². The quantitative estimate of drug-likeness (QED) is 0.725. The number of aliphatic hydroxyl groups excluding tert-OH is 1. The molecule has 102 valence electrons. The van der Waals surface area contributed by atoms with Crippen molar-refractivity contribution in [3.8, 4) is 0 Å². The van der Waals surface area contributed by atoms with Gasteiger partial charge in [-0.05, 0) is 30.3 Å². The summed E-state index contributed by atoms with van der Waals surface area (Å²) in [6.07, 6.45) is -1.10. The van der Waals surface area contributed by atoms with E-state index in [0.717, 1.165) is 0 Å². The molecule has 1 atom stereocenters. The Morgan fingerprint density at radius 1 is 1.10 bits per heavy atom. The number of aliphatic hydroxyl groups is 1. The van der Waals surface area contributed by atoms with Gasteiger partial charge in [-0.25, -0.2) is 4.39 Å². The molecule has 20 heavy (non-hydrogen) atoms. The normalized spacial score (nSPS) is 12.8. The second kappa shape index (κ2) is 5.09. The van der Waals surface area contributed by atoms with E-state index in [1.807, 2.05) is 0 Å². The maximum absolute atomic E-state index is 13.6. The van der Waals surface area contributed by atoms with Gasteiger partial charge in [0.2, 0.25) is 0 Å². The molecule has 2 aromatic carbocycles. The number of para-hydroxylation sites is 1. The maximum atomic E-state index is 13.6. The van der Waals surface area contributed by atoms with Crippen molar-refractivity contribution in [3.63, 3.8) is 0 Å². The summed E-state index contributed by atoms with van der Waals surface area (Å²) in [7, 11) is 0. The predicted octanol–water partition coefficient (Wildman–Crippen LogP) is 4.96. The number of benzene rings is 2. The number of hydrogen-bond donors (Lipinski definition) is 1. The van der Waals surface area contributed by atoms with Crippen LogP contribution in [0.15, 0.2) is 46.9 Å². The highest BCUT2D eigenvalue weighted by Crippen LogP contribution is 2.33. The fourth-order valence-corrected chi connectivity index (χ4v) is 2.46. The van der Waals surface area contributed by atoms with E-state index in [1.165, 1.54) is 6.07 Å². The molecule has 1 N–H and O–H groups in total. The lowest BCUT2D eigenvalue weighted by molar-refractivity contribution is 0.192. The van der Waals surface area contributed by atoms with Crippen molar-refractivity contribution in [1.29, 1.82) is 0 Å². The summed E-state index contributed by atoms with van der Waals surface area (Å²) in [5.74, 6) is -0.257. The maximum Gasteiger partial charge on any atom is 0.170 e. The van der Waals surface area contributed by atoms with Gasteiger partial charge in [0.15, 0.2) is 11.4 Å². The molecule has 3 aromatic rings. The van der Waals surface area contributed by atoms with Crippen LogP contribution in [0.25, 0.3) is 11.0 Å². The highest BCUT2D eigenvalue weighted by atomic mass is 35.5. The summed E-state index contributed by atoms with van der Waals surface area (Å²) in [5, 5.41) is 11.7. The van der Waals surface area contributed by atoms with Gasteiger partial charge in [0.1, 0.15) is 11.9 Å². The van der Waals surface area contributed by atoms with Crippen molar-refractivity contribution in [1.82, 2.24) is 0 Å². The summed E-state index contributed by atoms with van der Waals surface area (Å²) < 4.78 is 19.0. The average molecular weight is 311 g/mol. The van der Waals surface area contributed by atoms with Crippen LogP contribution in [0, 0.1) is 5.82 Å². The van der Waals surface area contributed by atoms with Crippen LogP contribution in [0.2, 0.25) is 10.0 Å². The Morgan fingerprint density at radius 2 is 1.90 bits per heavy atom. The minimum atomic E-state index is -1.10. The first-order valence-corrected chi connectivity index (χ1v) is 6.63. The molecule has 0 aliphatic rings. The summed E-state index contributed by atoms with van der Waals surface area (Å²) in [4.78, 5) is 0. The third kappa shape index (κ3) is 2.29. The van der Waals surface area contributed by atoms with E-state index in [0.29, 0.717) is 21.0 Å². The first kappa shape index (κ1) is 13.4. The van der Waals surface area contributed by atoms with Crippen LogP contribution in [0.4, 0.5) is 4.39 Å². The van der Waals surface area contributed by atoms with Crippen molar-refractivity contribution in [2.75, 3.05) is 0 Å². The molecule has 0 radical (unpaired) electrons. The first-order valence-electron chi connectivity index (χ1n) is 5.87. The summed E-state index contributed by atoms with van der Waals surface area (Å²) in [6, 6.07) is 10.9. The van der Waals surface area contributed by atoms with Crippen LogP contribution in [-0.2, 0) is 0 Å². The lowest BCUT2D eigenvalue weighted by Crippen LogP contribution is -1.98. The molecule has 0 aliphatic heterocycles. The topological polar surface area (TPSA) is 33.4 Å². The zero-order valence-electron chi connectivity index (χ0n) is 10.1. The molecule has 0 saturated carbocycles. The molecule has 5 heteroatoms.